The fourth-order valence-corrected chi connectivity index (χ4v) is 1.54. The van der Waals surface area contributed by atoms with Gasteiger partial charge >= 0.3 is 0 Å². The second-order valence-electron chi connectivity index (χ2n) is 6.77. The van der Waals surface area contributed by atoms with Crippen molar-refractivity contribution in [2.75, 3.05) is 0 Å². The summed E-state index contributed by atoms with van der Waals surface area (Å²) >= 11 is 0. The van der Waals surface area contributed by atoms with Gasteiger partial charge in [-0.25, -0.2) is 4.98 Å². The van der Waals surface area contributed by atoms with Crippen LogP contribution in [0.25, 0.3) is 0 Å². The van der Waals surface area contributed by atoms with E-state index in [0.29, 0.717) is 5.88 Å². The first-order valence-corrected chi connectivity index (χ1v) is 6.47. The number of nitrogens with one attached hydrogen (secondary N) is 1. The first-order chi connectivity index (χ1) is 8.05. The Labute approximate surface area is 111 Å². The fraction of sp³-hybridized carbons (Fsp3) is 0.667. The summed E-state index contributed by atoms with van der Waals surface area (Å²) in [5.74, 6) is 0.702. The lowest BCUT2D eigenvalue weighted by Gasteiger charge is -2.23. The zero-order chi connectivity index (χ0) is 14.0. The number of ether oxygens (including phenoxy) is 1. The van der Waals surface area contributed by atoms with Crippen LogP contribution in [0.4, 0.5) is 0 Å². The molecular formula is C15H26N2O. The average molecular weight is 250 g/mol. The van der Waals surface area contributed by atoms with E-state index in [0.717, 1.165) is 12.2 Å². The average Bonchev–Trinajstić information content (AvgIpc) is 2.09. The predicted molar refractivity (Wildman–Crippen MR) is 75.9 cm³/mol. The molecule has 0 aromatic carbocycles. The molecule has 0 bridgehead atoms. The quantitative estimate of drug-likeness (QED) is 0.892. The molecule has 0 atom stereocenters. The fourth-order valence-electron chi connectivity index (χ4n) is 1.54. The van der Waals surface area contributed by atoms with E-state index in [1.54, 1.807) is 0 Å². The van der Waals surface area contributed by atoms with Gasteiger partial charge in [0.05, 0.1) is 0 Å². The van der Waals surface area contributed by atoms with Crippen molar-refractivity contribution in [2.24, 2.45) is 0 Å². The van der Waals surface area contributed by atoms with Gasteiger partial charge in [-0.3, -0.25) is 0 Å². The molecule has 1 aromatic rings. The molecule has 0 aliphatic rings. The van der Waals surface area contributed by atoms with E-state index in [4.69, 9.17) is 4.74 Å². The Bertz CT molecular complexity index is 400. The monoisotopic (exact) mass is 250 g/mol. The summed E-state index contributed by atoms with van der Waals surface area (Å²) in [4.78, 5) is 4.41. The highest BCUT2D eigenvalue weighted by Gasteiger charge is 2.14. The van der Waals surface area contributed by atoms with Crippen molar-refractivity contribution in [1.29, 1.82) is 0 Å². The maximum Gasteiger partial charge on any atom is 0.214 e. The third-order valence-electron chi connectivity index (χ3n) is 2.22. The molecule has 102 valence electrons. The Morgan fingerprint density at radius 1 is 1.11 bits per heavy atom. The van der Waals surface area contributed by atoms with E-state index in [9.17, 15) is 0 Å². The van der Waals surface area contributed by atoms with Gasteiger partial charge in [-0.15, -0.1) is 0 Å². The molecule has 0 amide bonds. The molecule has 0 unspecified atom stereocenters. The van der Waals surface area contributed by atoms with Gasteiger partial charge < -0.3 is 10.1 Å². The molecule has 0 aliphatic carbocycles. The first-order valence-electron chi connectivity index (χ1n) is 6.47. The van der Waals surface area contributed by atoms with Crippen molar-refractivity contribution in [1.82, 2.24) is 10.3 Å². The minimum absolute atomic E-state index is 0.113. The van der Waals surface area contributed by atoms with Crippen LogP contribution in [0.15, 0.2) is 12.1 Å². The molecule has 0 radical (unpaired) electrons. The molecule has 3 nitrogen and oxygen atoms in total. The minimum atomic E-state index is -0.213. The Kier molecular flexibility index (Phi) is 4.38. The van der Waals surface area contributed by atoms with Gasteiger partial charge in [0, 0.05) is 23.8 Å². The molecule has 1 aromatic heterocycles. The zero-order valence-corrected chi connectivity index (χ0v) is 12.7. The molecule has 0 fully saturated rings. The predicted octanol–water partition coefficient (Wildman–Crippen LogP) is 3.46. The first kappa shape index (κ1) is 15.0. The Morgan fingerprint density at radius 3 is 2.22 bits per heavy atom. The lowest BCUT2D eigenvalue weighted by atomic mass is 10.1. The number of rotatable bonds is 3. The van der Waals surface area contributed by atoms with Crippen molar-refractivity contribution in [2.45, 2.75) is 66.2 Å². The molecule has 1 rings (SSSR count). The van der Waals surface area contributed by atoms with E-state index in [1.165, 1.54) is 5.56 Å². The van der Waals surface area contributed by atoms with Crippen LogP contribution in [0, 0.1) is 6.92 Å². The normalized spacial score (nSPS) is 12.6. The lowest BCUT2D eigenvalue weighted by molar-refractivity contribution is 0.123. The maximum atomic E-state index is 5.82. The van der Waals surface area contributed by atoms with Gasteiger partial charge in [0.1, 0.15) is 5.60 Å². The smallest absolute Gasteiger partial charge is 0.214 e. The van der Waals surface area contributed by atoms with Crippen LogP contribution in [-0.4, -0.2) is 16.1 Å². The third kappa shape index (κ3) is 6.01. The Morgan fingerprint density at radius 2 is 1.72 bits per heavy atom. The number of aryl methyl sites for hydroxylation is 1. The summed E-state index contributed by atoms with van der Waals surface area (Å²) < 4.78 is 5.82. The van der Waals surface area contributed by atoms with E-state index in [1.807, 2.05) is 33.8 Å². The van der Waals surface area contributed by atoms with Crippen molar-refractivity contribution in [3.05, 3.63) is 23.4 Å². The zero-order valence-electron chi connectivity index (χ0n) is 12.7. The van der Waals surface area contributed by atoms with Crippen LogP contribution < -0.4 is 10.1 Å². The van der Waals surface area contributed by atoms with E-state index >= 15 is 0 Å². The van der Waals surface area contributed by atoms with Crippen molar-refractivity contribution in [3.8, 4) is 5.88 Å². The van der Waals surface area contributed by atoms with E-state index < -0.39 is 0 Å². The van der Waals surface area contributed by atoms with E-state index in [-0.39, 0.29) is 11.1 Å². The number of nitrogens with zero attached hydrogens (tertiary/aromatic N) is 1. The second-order valence-corrected chi connectivity index (χ2v) is 6.77. The van der Waals surface area contributed by atoms with Crippen molar-refractivity contribution >= 4 is 0 Å². The molecule has 1 N–H and O–H groups in total. The number of aromatic nitrogens is 1. The summed E-state index contributed by atoms with van der Waals surface area (Å²) in [5, 5.41) is 3.47. The number of pyridine rings is 1. The van der Waals surface area contributed by atoms with Gasteiger partial charge in [-0.2, -0.15) is 0 Å². The van der Waals surface area contributed by atoms with Crippen LogP contribution >= 0.6 is 0 Å². The molecule has 18 heavy (non-hydrogen) atoms. The highest BCUT2D eigenvalue weighted by Crippen LogP contribution is 2.18. The number of hydrogen-bond acceptors (Lipinski definition) is 3. The standard InChI is InChI=1S/C15H26N2O/c1-11-8-12(10-16-14(2,3)4)9-13(17-11)18-15(5,6)7/h8-9,16H,10H2,1-7H3. The Balaban J connectivity index is 2.81. The summed E-state index contributed by atoms with van der Waals surface area (Å²) in [6, 6.07) is 4.10. The molecule has 0 aliphatic heterocycles. The van der Waals surface area contributed by atoms with Gasteiger partial charge in [-0.1, -0.05) is 0 Å². The molecular weight excluding hydrogens is 224 g/mol. The molecule has 0 saturated carbocycles. The second kappa shape index (κ2) is 5.27. The molecule has 1 heterocycles. The maximum absolute atomic E-state index is 5.82. The van der Waals surface area contributed by atoms with Crippen molar-refractivity contribution in [3.63, 3.8) is 0 Å². The van der Waals surface area contributed by atoms with Gasteiger partial charge in [0.15, 0.2) is 0 Å². The topological polar surface area (TPSA) is 34.1 Å². The van der Waals surface area contributed by atoms with Gasteiger partial charge in [0.2, 0.25) is 5.88 Å². The van der Waals surface area contributed by atoms with E-state index in [2.05, 4.69) is 37.1 Å². The molecule has 0 spiro atoms. The minimum Gasteiger partial charge on any atom is -0.472 e. The van der Waals surface area contributed by atoms with Crippen LogP contribution in [-0.2, 0) is 6.54 Å². The van der Waals surface area contributed by atoms with Crippen LogP contribution in [0.3, 0.4) is 0 Å². The van der Waals surface area contributed by atoms with Crippen LogP contribution in [0.2, 0.25) is 0 Å². The third-order valence-corrected chi connectivity index (χ3v) is 2.22. The summed E-state index contributed by atoms with van der Waals surface area (Å²) in [6.45, 7) is 15.4. The SMILES string of the molecule is Cc1cc(CNC(C)(C)C)cc(OC(C)(C)C)n1. The molecule has 0 saturated heterocycles. The lowest BCUT2D eigenvalue weighted by Crippen LogP contribution is -2.35. The Hall–Kier alpha value is -1.09. The highest BCUT2D eigenvalue weighted by molar-refractivity contribution is 5.25. The van der Waals surface area contributed by atoms with Crippen molar-refractivity contribution < 1.29 is 4.74 Å². The van der Waals surface area contributed by atoms with Crippen LogP contribution in [0.1, 0.15) is 52.8 Å². The molecule has 3 heteroatoms. The summed E-state index contributed by atoms with van der Waals surface area (Å²) in [5.41, 5.74) is 2.09. The largest absolute Gasteiger partial charge is 0.472 e. The van der Waals surface area contributed by atoms with Gasteiger partial charge in [-0.05, 0) is 60.1 Å². The highest BCUT2D eigenvalue weighted by atomic mass is 16.5. The van der Waals surface area contributed by atoms with Crippen LogP contribution in [0.5, 0.6) is 5.88 Å². The summed E-state index contributed by atoms with van der Waals surface area (Å²) in [7, 11) is 0. The number of hydrogen-bond donors (Lipinski definition) is 1. The summed E-state index contributed by atoms with van der Waals surface area (Å²) in [6.07, 6.45) is 0. The van der Waals surface area contributed by atoms with Gasteiger partial charge in [0.25, 0.3) is 0 Å².